The van der Waals surface area contributed by atoms with Gasteiger partial charge in [0.1, 0.15) is 0 Å². The first-order chi connectivity index (χ1) is 11.8. The van der Waals surface area contributed by atoms with Crippen molar-refractivity contribution in [2.45, 2.75) is 31.7 Å². The molecular weight excluding hydrogens is 445 g/mol. The number of nitrogens with one attached hydrogen (secondary N) is 1. The molecule has 2 heterocycles. The summed E-state index contributed by atoms with van der Waals surface area (Å²) in [6.07, 6.45) is 5.54. The van der Waals surface area contributed by atoms with Crippen LogP contribution in [0.2, 0.25) is 0 Å². The second-order valence-electron chi connectivity index (χ2n) is 6.82. The highest BCUT2D eigenvalue weighted by molar-refractivity contribution is 14.0. The fourth-order valence-corrected chi connectivity index (χ4v) is 4.58. The lowest BCUT2D eigenvalue weighted by Crippen LogP contribution is -2.53. The lowest BCUT2D eigenvalue weighted by Gasteiger charge is -2.37. The van der Waals surface area contributed by atoms with Gasteiger partial charge < -0.3 is 20.0 Å². The van der Waals surface area contributed by atoms with Gasteiger partial charge in [0, 0.05) is 52.4 Å². The Balaban J connectivity index is 0.00000225. The number of aliphatic imine (C=N–C) groups is 1. The topological polar surface area (TPSA) is 34.1 Å². The number of rotatable bonds is 5. The second kappa shape index (κ2) is 10.6. The van der Waals surface area contributed by atoms with Gasteiger partial charge >= 0.3 is 0 Å². The minimum atomic E-state index is 0. The van der Waals surface area contributed by atoms with Gasteiger partial charge in [0.05, 0.1) is 5.00 Å². The molecule has 2 aliphatic rings. The van der Waals surface area contributed by atoms with Crippen LogP contribution in [0.25, 0.3) is 0 Å². The van der Waals surface area contributed by atoms with Crippen LogP contribution in [0.1, 0.15) is 25.7 Å². The van der Waals surface area contributed by atoms with E-state index >= 15 is 0 Å². The predicted octanol–water partition coefficient (Wildman–Crippen LogP) is 2.94. The fourth-order valence-electron chi connectivity index (χ4n) is 3.79. The van der Waals surface area contributed by atoms with E-state index in [9.17, 15) is 0 Å². The molecule has 1 aromatic heterocycles. The van der Waals surface area contributed by atoms with Gasteiger partial charge in [-0.1, -0.05) is 12.8 Å². The number of likely N-dealkylation sites (N-methyl/N-ethyl adjacent to an activating group) is 1. The summed E-state index contributed by atoms with van der Waals surface area (Å²) in [5.74, 6) is 1.06. The second-order valence-corrected chi connectivity index (χ2v) is 7.74. The molecule has 1 aliphatic carbocycles. The Hall–Kier alpha value is -0.540. The average Bonchev–Trinajstić information content (AvgIpc) is 3.32. The van der Waals surface area contributed by atoms with Crippen molar-refractivity contribution in [3.05, 3.63) is 17.5 Å². The lowest BCUT2D eigenvalue weighted by molar-refractivity contribution is 0.248. The molecule has 0 amide bonds. The highest BCUT2D eigenvalue weighted by Crippen LogP contribution is 2.23. The van der Waals surface area contributed by atoms with Crippen LogP contribution < -0.4 is 10.2 Å². The number of thiophene rings is 1. The summed E-state index contributed by atoms with van der Waals surface area (Å²) >= 11 is 1.83. The third-order valence-corrected chi connectivity index (χ3v) is 6.23. The van der Waals surface area contributed by atoms with E-state index < -0.39 is 0 Å². The third kappa shape index (κ3) is 5.72. The Morgan fingerprint density at radius 2 is 2.00 bits per heavy atom. The summed E-state index contributed by atoms with van der Waals surface area (Å²) in [7, 11) is 4.16. The molecule has 0 radical (unpaired) electrons. The van der Waals surface area contributed by atoms with Crippen LogP contribution in [0.5, 0.6) is 0 Å². The van der Waals surface area contributed by atoms with Crippen molar-refractivity contribution in [3.8, 4) is 0 Å². The van der Waals surface area contributed by atoms with Gasteiger partial charge in [-0.15, -0.1) is 35.3 Å². The summed E-state index contributed by atoms with van der Waals surface area (Å²) in [5, 5.41) is 7.10. The molecule has 1 aliphatic heterocycles. The van der Waals surface area contributed by atoms with E-state index in [4.69, 9.17) is 0 Å². The first kappa shape index (κ1) is 20.8. The number of hydrogen-bond acceptors (Lipinski definition) is 4. The van der Waals surface area contributed by atoms with Gasteiger partial charge in [-0.3, -0.25) is 4.99 Å². The van der Waals surface area contributed by atoms with E-state index in [1.54, 1.807) is 0 Å². The van der Waals surface area contributed by atoms with Gasteiger partial charge in [0.15, 0.2) is 5.96 Å². The highest BCUT2D eigenvalue weighted by atomic mass is 127. The SMILES string of the molecule is CN=C(NCCN(C)C1CCCC1)N1CCN(c2cccs2)CC1.I. The normalized spacial score (nSPS) is 19.4. The molecule has 0 atom stereocenters. The van der Waals surface area contributed by atoms with Crippen molar-refractivity contribution in [3.63, 3.8) is 0 Å². The number of hydrogen-bond donors (Lipinski definition) is 1. The van der Waals surface area contributed by atoms with Crippen molar-refractivity contribution < 1.29 is 0 Å². The van der Waals surface area contributed by atoms with E-state index in [-0.39, 0.29) is 24.0 Å². The monoisotopic (exact) mass is 477 g/mol. The van der Waals surface area contributed by atoms with Crippen LogP contribution in [-0.4, -0.2) is 75.2 Å². The van der Waals surface area contributed by atoms with Crippen LogP contribution in [0.15, 0.2) is 22.5 Å². The summed E-state index contributed by atoms with van der Waals surface area (Å²) in [6, 6.07) is 5.14. The van der Waals surface area contributed by atoms with Crippen LogP contribution in [-0.2, 0) is 0 Å². The quantitative estimate of drug-likeness (QED) is 0.402. The van der Waals surface area contributed by atoms with Crippen LogP contribution in [0.3, 0.4) is 0 Å². The van der Waals surface area contributed by atoms with Crippen molar-refractivity contribution in [2.24, 2.45) is 4.99 Å². The summed E-state index contributed by atoms with van der Waals surface area (Å²) in [5.41, 5.74) is 0. The summed E-state index contributed by atoms with van der Waals surface area (Å²) in [4.78, 5) is 11.9. The molecule has 1 saturated heterocycles. The number of guanidine groups is 1. The number of halogens is 1. The van der Waals surface area contributed by atoms with Gasteiger partial charge in [0.25, 0.3) is 0 Å². The standard InChI is InChI=1S/C18H31N5S.HI/c1-19-18(20-9-10-21(2)16-6-3-4-7-16)23-13-11-22(12-14-23)17-8-5-15-24-17;/h5,8,15-16H,3-4,6-7,9-14H2,1-2H3,(H,19,20);1H. The van der Waals surface area contributed by atoms with Crippen molar-refractivity contribution in [2.75, 3.05) is 58.3 Å². The molecule has 0 bridgehead atoms. The number of piperazine rings is 1. The smallest absolute Gasteiger partial charge is 0.193 e. The van der Waals surface area contributed by atoms with Crippen LogP contribution >= 0.6 is 35.3 Å². The Morgan fingerprint density at radius 1 is 1.28 bits per heavy atom. The first-order valence-corrected chi connectivity index (χ1v) is 10.1. The first-order valence-electron chi connectivity index (χ1n) is 9.22. The molecule has 0 aromatic carbocycles. The van der Waals surface area contributed by atoms with Gasteiger partial charge in [-0.2, -0.15) is 0 Å². The molecule has 7 heteroatoms. The van der Waals surface area contributed by atoms with E-state index in [0.717, 1.165) is 51.3 Å². The van der Waals surface area contributed by atoms with E-state index in [0.29, 0.717) is 0 Å². The lowest BCUT2D eigenvalue weighted by atomic mass is 10.2. The largest absolute Gasteiger partial charge is 0.360 e. The molecule has 0 unspecified atom stereocenters. The van der Waals surface area contributed by atoms with E-state index in [2.05, 4.69) is 49.6 Å². The van der Waals surface area contributed by atoms with Gasteiger partial charge in [-0.05, 0) is 37.4 Å². The van der Waals surface area contributed by atoms with Crippen LogP contribution in [0, 0.1) is 0 Å². The molecular formula is C18H32IN5S. The molecule has 0 spiro atoms. The Labute approximate surface area is 173 Å². The highest BCUT2D eigenvalue weighted by Gasteiger charge is 2.21. The van der Waals surface area contributed by atoms with Crippen molar-refractivity contribution in [1.82, 2.24) is 15.1 Å². The molecule has 25 heavy (non-hydrogen) atoms. The Kier molecular flexibility index (Phi) is 8.78. The summed E-state index contributed by atoms with van der Waals surface area (Å²) < 4.78 is 0. The fraction of sp³-hybridized carbons (Fsp3) is 0.722. The summed E-state index contributed by atoms with van der Waals surface area (Å²) in [6.45, 7) is 6.29. The Bertz CT molecular complexity index is 508. The molecule has 5 nitrogen and oxygen atoms in total. The van der Waals surface area contributed by atoms with E-state index in [1.807, 2.05) is 18.4 Å². The maximum atomic E-state index is 4.49. The van der Waals surface area contributed by atoms with Gasteiger partial charge in [-0.25, -0.2) is 0 Å². The minimum absolute atomic E-state index is 0. The van der Waals surface area contributed by atoms with Crippen LogP contribution in [0.4, 0.5) is 5.00 Å². The van der Waals surface area contributed by atoms with Crippen molar-refractivity contribution in [1.29, 1.82) is 0 Å². The zero-order valence-corrected chi connectivity index (χ0v) is 18.6. The maximum Gasteiger partial charge on any atom is 0.193 e. The molecule has 1 aromatic rings. The zero-order chi connectivity index (χ0) is 16.8. The Morgan fingerprint density at radius 3 is 2.60 bits per heavy atom. The number of nitrogens with zero attached hydrogens (tertiary/aromatic N) is 4. The number of anilines is 1. The molecule has 3 rings (SSSR count). The van der Waals surface area contributed by atoms with E-state index in [1.165, 1.54) is 30.7 Å². The minimum Gasteiger partial charge on any atom is -0.360 e. The molecule has 142 valence electrons. The zero-order valence-electron chi connectivity index (χ0n) is 15.5. The molecule has 1 N–H and O–H groups in total. The van der Waals surface area contributed by atoms with Crippen molar-refractivity contribution >= 4 is 46.3 Å². The predicted molar refractivity (Wildman–Crippen MR) is 120 cm³/mol. The molecule has 2 fully saturated rings. The molecule has 1 saturated carbocycles. The third-order valence-electron chi connectivity index (χ3n) is 5.30. The maximum absolute atomic E-state index is 4.49. The average molecular weight is 477 g/mol. The van der Waals surface area contributed by atoms with Gasteiger partial charge in [0.2, 0.25) is 0 Å².